The van der Waals surface area contributed by atoms with Gasteiger partial charge in [-0.15, -0.1) is 0 Å². The number of likely N-dealkylation sites (N-methyl/N-ethyl adjacent to an activating group) is 1. The lowest BCUT2D eigenvalue weighted by Crippen LogP contribution is -2.30. The second-order valence-electron chi connectivity index (χ2n) is 5.16. The van der Waals surface area contributed by atoms with Gasteiger partial charge in [0.05, 0.1) is 0 Å². The summed E-state index contributed by atoms with van der Waals surface area (Å²) < 4.78 is 0. The van der Waals surface area contributed by atoms with Crippen molar-refractivity contribution in [3.63, 3.8) is 0 Å². The Kier molecular flexibility index (Phi) is 2.96. The van der Waals surface area contributed by atoms with E-state index in [4.69, 9.17) is 0 Å². The van der Waals surface area contributed by atoms with E-state index < -0.39 is 0 Å². The molecule has 0 amide bonds. The zero-order valence-electron chi connectivity index (χ0n) is 9.72. The summed E-state index contributed by atoms with van der Waals surface area (Å²) in [6.07, 6.45) is 6.91. The first-order valence-corrected chi connectivity index (χ1v) is 6.12. The van der Waals surface area contributed by atoms with Gasteiger partial charge in [-0.1, -0.05) is 25.0 Å². The molecule has 0 aromatic heterocycles. The van der Waals surface area contributed by atoms with Crippen LogP contribution in [-0.4, -0.2) is 12.6 Å². The number of hydrogen-bond acceptors (Lipinski definition) is 1. The van der Waals surface area contributed by atoms with Crippen molar-refractivity contribution in [2.75, 3.05) is 6.54 Å². The van der Waals surface area contributed by atoms with E-state index >= 15 is 0 Å². The summed E-state index contributed by atoms with van der Waals surface area (Å²) in [5, 5.41) is 3.63. The van der Waals surface area contributed by atoms with Gasteiger partial charge in [0.1, 0.15) is 0 Å². The van der Waals surface area contributed by atoms with Crippen molar-refractivity contribution >= 4 is 0 Å². The molecule has 0 aromatic rings. The Labute approximate surface area is 88.0 Å². The summed E-state index contributed by atoms with van der Waals surface area (Å²) in [5.41, 5.74) is 1.46. The molecule has 1 N–H and O–H groups in total. The third-order valence-electron chi connectivity index (χ3n) is 3.84. The summed E-state index contributed by atoms with van der Waals surface area (Å²) in [6, 6.07) is 0.667. The summed E-state index contributed by atoms with van der Waals surface area (Å²) in [5.74, 6) is 3.10. The van der Waals surface area contributed by atoms with Crippen LogP contribution in [0.15, 0.2) is 11.6 Å². The van der Waals surface area contributed by atoms with Gasteiger partial charge in [-0.2, -0.15) is 0 Å². The second kappa shape index (κ2) is 4.06. The molecule has 0 bridgehead atoms. The summed E-state index contributed by atoms with van der Waals surface area (Å²) in [4.78, 5) is 0. The molecular formula is C13H23N. The maximum atomic E-state index is 3.63. The van der Waals surface area contributed by atoms with Crippen LogP contribution >= 0.6 is 0 Å². The smallest absolute Gasteiger partial charge is 0.0286 e. The van der Waals surface area contributed by atoms with E-state index in [9.17, 15) is 0 Å². The highest BCUT2D eigenvalue weighted by atomic mass is 14.9. The molecule has 2 saturated carbocycles. The first kappa shape index (κ1) is 10.2. The molecule has 1 heteroatoms. The van der Waals surface area contributed by atoms with Gasteiger partial charge in [0, 0.05) is 6.04 Å². The van der Waals surface area contributed by atoms with Crippen molar-refractivity contribution in [2.24, 2.45) is 17.8 Å². The summed E-state index contributed by atoms with van der Waals surface area (Å²) >= 11 is 0. The highest BCUT2D eigenvalue weighted by Crippen LogP contribution is 2.59. The number of rotatable bonds is 4. The van der Waals surface area contributed by atoms with E-state index in [1.54, 1.807) is 0 Å². The highest BCUT2D eigenvalue weighted by Gasteiger charge is 2.54. The van der Waals surface area contributed by atoms with Gasteiger partial charge in [-0.05, 0) is 51.0 Å². The lowest BCUT2D eigenvalue weighted by atomic mass is 10.0. The predicted molar refractivity (Wildman–Crippen MR) is 61.2 cm³/mol. The molecule has 1 nitrogen and oxygen atoms in total. The quantitative estimate of drug-likeness (QED) is 0.677. The third-order valence-corrected chi connectivity index (χ3v) is 3.84. The molecule has 0 radical (unpaired) electrons. The zero-order chi connectivity index (χ0) is 10.1. The average molecular weight is 193 g/mol. The minimum atomic E-state index is 0.667. The van der Waals surface area contributed by atoms with Crippen molar-refractivity contribution in [2.45, 2.75) is 46.1 Å². The fourth-order valence-electron chi connectivity index (χ4n) is 3.31. The average Bonchev–Trinajstić information content (AvgIpc) is 2.58. The largest absolute Gasteiger partial charge is 0.310 e. The second-order valence-corrected chi connectivity index (χ2v) is 5.16. The fraction of sp³-hybridized carbons (Fsp3) is 0.846. The Morgan fingerprint density at radius 2 is 2.00 bits per heavy atom. The first-order valence-electron chi connectivity index (χ1n) is 6.12. The number of hydrogen-bond donors (Lipinski definition) is 1. The molecule has 0 spiro atoms. The van der Waals surface area contributed by atoms with Crippen molar-refractivity contribution in [3.8, 4) is 0 Å². The van der Waals surface area contributed by atoms with Gasteiger partial charge < -0.3 is 5.32 Å². The van der Waals surface area contributed by atoms with Crippen LogP contribution in [0.4, 0.5) is 0 Å². The van der Waals surface area contributed by atoms with Crippen molar-refractivity contribution in [3.05, 3.63) is 11.6 Å². The molecule has 3 atom stereocenters. The number of fused-ring (bicyclic) bond motifs is 1. The van der Waals surface area contributed by atoms with Crippen LogP contribution in [0.1, 0.15) is 40.0 Å². The van der Waals surface area contributed by atoms with Crippen LogP contribution in [0.25, 0.3) is 0 Å². The van der Waals surface area contributed by atoms with Crippen molar-refractivity contribution < 1.29 is 0 Å². The van der Waals surface area contributed by atoms with Crippen LogP contribution < -0.4 is 5.32 Å². The van der Waals surface area contributed by atoms with Gasteiger partial charge in [0.25, 0.3) is 0 Å². The van der Waals surface area contributed by atoms with E-state index in [1.165, 1.54) is 24.8 Å². The Hall–Kier alpha value is -0.300. The lowest BCUT2D eigenvalue weighted by Gasteiger charge is -2.16. The monoisotopic (exact) mass is 193 g/mol. The summed E-state index contributed by atoms with van der Waals surface area (Å²) in [6.45, 7) is 7.74. The van der Waals surface area contributed by atoms with Crippen LogP contribution in [0.3, 0.4) is 0 Å². The molecule has 2 aliphatic carbocycles. The van der Waals surface area contributed by atoms with Crippen LogP contribution in [-0.2, 0) is 0 Å². The van der Waals surface area contributed by atoms with E-state index in [1.807, 2.05) is 0 Å². The van der Waals surface area contributed by atoms with Gasteiger partial charge in [0.2, 0.25) is 0 Å². The summed E-state index contributed by atoms with van der Waals surface area (Å²) in [7, 11) is 0. The normalized spacial score (nSPS) is 36.4. The van der Waals surface area contributed by atoms with E-state index in [0.29, 0.717) is 6.04 Å². The van der Waals surface area contributed by atoms with Gasteiger partial charge >= 0.3 is 0 Å². The molecule has 0 saturated heterocycles. The van der Waals surface area contributed by atoms with E-state index in [-0.39, 0.29) is 0 Å². The third kappa shape index (κ3) is 1.88. The molecule has 14 heavy (non-hydrogen) atoms. The molecule has 0 heterocycles. The molecule has 2 aliphatic rings. The van der Waals surface area contributed by atoms with Crippen molar-refractivity contribution in [1.29, 1.82) is 0 Å². The van der Waals surface area contributed by atoms with Crippen LogP contribution in [0.2, 0.25) is 0 Å². The topological polar surface area (TPSA) is 12.0 Å². The molecule has 2 fully saturated rings. The molecule has 0 aliphatic heterocycles. The number of allylic oxidation sites excluding steroid dienone is 1. The van der Waals surface area contributed by atoms with Gasteiger partial charge in [0.15, 0.2) is 0 Å². The van der Waals surface area contributed by atoms with Crippen LogP contribution in [0.5, 0.6) is 0 Å². The minimum Gasteiger partial charge on any atom is -0.310 e. The molecule has 2 rings (SSSR count). The highest BCUT2D eigenvalue weighted by molar-refractivity contribution is 5.14. The Morgan fingerprint density at radius 1 is 1.36 bits per heavy atom. The Balaban J connectivity index is 1.95. The minimum absolute atomic E-state index is 0.667. The predicted octanol–water partition coefficient (Wildman–Crippen LogP) is 2.98. The van der Waals surface area contributed by atoms with E-state index in [0.717, 1.165) is 24.3 Å². The van der Waals surface area contributed by atoms with E-state index in [2.05, 4.69) is 32.2 Å². The maximum Gasteiger partial charge on any atom is 0.0286 e. The lowest BCUT2D eigenvalue weighted by molar-refractivity contribution is 0.470. The Morgan fingerprint density at radius 3 is 2.50 bits per heavy atom. The number of nitrogens with one attached hydrogen (secondary N) is 1. The van der Waals surface area contributed by atoms with Gasteiger partial charge in [-0.3, -0.25) is 0 Å². The van der Waals surface area contributed by atoms with Crippen LogP contribution in [0, 0.1) is 17.8 Å². The Bertz CT molecular complexity index is 217. The molecule has 80 valence electrons. The standard InChI is InChI=1S/C13H23N/c1-4-14-12(8-9(2)3)13-10-6-5-7-11(10)13/h8,10-14H,4-7H2,1-3H3. The molecule has 3 unspecified atom stereocenters. The fourth-order valence-corrected chi connectivity index (χ4v) is 3.31. The SMILES string of the molecule is CCNC(C=C(C)C)C1C2CCCC21. The molecule has 0 aromatic carbocycles. The molecular weight excluding hydrogens is 170 g/mol. The van der Waals surface area contributed by atoms with Gasteiger partial charge in [-0.25, -0.2) is 0 Å². The van der Waals surface area contributed by atoms with Crippen molar-refractivity contribution in [1.82, 2.24) is 5.32 Å². The maximum absolute atomic E-state index is 3.63. The zero-order valence-corrected chi connectivity index (χ0v) is 9.72. The first-order chi connectivity index (χ1) is 6.74.